The zero-order chi connectivity index (χ0) is 22.9. The molecule has 0 bridgehead atoms. The van der Waals surface area contributed by atoms with Gasteiger partial charge in [-0.2, -0.15) is 0 Å². The molecule has 3 aromatic rings. The lowest BCUT2D eigenvalue weighted by Gasteiger charge is -2.33. The zero-order valence-electron chi connectivity index (χ0n) is 19.4. The maximum Gasteiger partial charge on any atom is 0.169 e. The molecule has 1 saturated heterocycles. The van der Waals surface area contributed by atoms with E-state index in [0.29, 0.717) is 25.7 Å². The Hall–Kier alpha value is -2.48. The van der Waals surface area contributed by atoms with Gasteiger partial charge in [0.15, 0.2) is 5.11 Å². The van der Waals surface area contributed by atoms with Crippen LogP contribution in [0.15, 0.2) is 54.9 Å². The summed E-state index contributed by atoms with van der Waals surface area (Å²) in [6.07, 6.45) is 6.07. The topological polar surface area (TPSA) is 51.6 Å². The predicted molar refractivity (Wildman–Crippen MR) is 136 cm³/mol. The Morgan fingerprint density at radius 2 is 1.85 bits per heavy atom. The molecule has 0 unspecified atom stereocenters. The van der Waals surface area contributed by atoms with E-state index in [2.05, 4.69) is 68.4 Å². The SMILES string of the molecule is CCOCCOCCn1ccnc1C1CCN(C(=S)NCc2cccc3ccccc23)CC1. The van der Waals surface area contributed by atoms with Crippen molar-refractivity contribution in [2.24, 2.45) is 0 Å². The van der Waals surface area contributed by atoms with Crippen molar-refractivity contribution < 1.29 is 9.47 Å². The van der Waals surface area contributed by atoms with E-state index in [0.717, 1.165) is 56.6 Å². The highest BCUT2D eigenvalue weighted by Crippen LogP contribution is 2.27. The van der Waals surface area contributed by atoms with E-state index in [1.165, 1.54) is 16.3 Å². The smallest absolute Gasteiger partial charge is 0.169 e. The van der Waals surface area contributed by atoms with Crippen LogP contribution in [0.25, 0.3) is 10.8 Å². The van der Waals surface area contributed by atoms with Crippen molar-refractivity contribution in [3.05, 3.63) is 66.2 Å². The number of imidazole rings is 1. The maximum absolute atomic E-state index is 5.73. The van der Waals surface area contributed by atoms with Gasteiger partial charge in [0.1, 0.15) is 5.82 Å². The molecule has 176 valence electrons. The number of hydrogen-bond donors (Lipinski definition) is 1. The lowest BCUT2D eigenvalue weighted by Crippen LogP contribution is -2.43. The van der Waals surface area contributed by atoms with Gasteiger partial charge in [-0.25, -0.2) is 4.98 Å². The number of nitrogens with one attached hydrogen (secondary N) is 1. The van der Waals surface area contributed by atoms with Crippen LogP contribution in [-0.4, -0.2) is 59.1 Å². The van der Waals surface area contributed by atoms with Crippen molar-refractivity contribution in [3.8, 4) is 0 Å². The van der Waals surface area contributed by atoms with Crippen molar-refractivity contribution in [2.75, 3.05) is 39.5 Å². The zero-order valence-corrected chi connectivity index (χ0v) is 20.2. The van der Waals surface area contributed by atoms with Gasteiger partial charge in [0, 0.05) is 51.1 Å². The van der Waals surface area contributed by atoms with Gasteiger partial charge in [0.25, 0.3) is 0 Å². The monoisotopic (exact) mass is 466 g/mol. The number of fused-ring (bicyclic) bond motifs is 1. The molecule has 0 spiro atoms. The fourth-order valence-corrected chi connectivity index (χ4v) is 4.72. The molecule has 0 aliphatic carbocycles. The molecule has 7 heteroatoms. The van der Waals surface area contributed by atoms with Gasteiger partial charge in [-0.15, -0.1) is 0 Å². The van der Waals surface area contributed by atoms with Crippen LogP contribution in [0, 0.1) is 0 Å². The van der Waals surface area contributed by atoms with Crippen LogP contribution in [-0.2, 0) is 22.6 Å². The molecule has 0 atom stereocenters. The lowest BCUT2D eigenvalue weighted by molar-refractivity contribution is 0.0493. The van der Waals surface area contributed by atoms with E-state index in [-0.39, 0.29) is 0 Å². The van der Waals surface area contributed by atoms with Crippen LogP contribution < -0.4 is 5.32 Å². The van der Waals surface area contributed by atoms with Gasteiger partial charge in [-0.05, 0) is 48.3 Å². The molecule has 0 saturated carbocycles. The summed E-state index contributed by atoms with van der Waals surface area (Å²) in [4.78, 5) is 6.95. The molecule has 1 aliphatic heterocycles. The maximum atomic E-state index is 5.73. The fourth-order valence-electron chi connectivity index (χ4n) is 4.47. The Bertz CT molecular complexity index is 1020. The molecule has 1 aliphatic rings. The minimum Gasteiger partial charge on any atom is -0.379 e. The van der Waals surface area contributed by atoms with Crippen LogP contribution in [0.4, 0.5) is 0 Å². The average Bonchev–Trinajstić information content (AvgIpc) is 3.33. The number of hydrogen-bond acceptors (Lipinski definition) is 4. The minimum absolute atomic E-state index is 0.459. The first-order valence-electron chi connectivity index (χ1n) is 11.9. The number of likely N-dealkylation sites (tertiary alicyclic amines) is 1. The first kappa shape index (κ1) is 23.7. The second-order valence-corrected chi connectivity index (χ2v) is 8.73. The molecule has 2 heterocycles. The van der Waals surface area contributed by atoms with Crippen molar-refractivity contribution >= 4 is 28.1 Å². The lowest BCUT2D eigenvalue weighted by atomic mass is 9.96. The highest BCUT2D eigenvalue weighted by molar-refractivity contribution is 7.80. The molecule has 1 aromatic heterocycles. The molecule has 2 aromatic carbocycles. The molecule has 6 nitrogen and oxygen atoms in total. The van der Waals surface area contributed by atoms with E-state index in [1.54, 1.807) is 0 Å². The molecule has 1 N–H and O–H groups in total. The molecular formula is C26H34N4O2S. The van der Waals surface area contributed by atoms with Gasteiger partial charge in [0.05, 0.1) is 19.8 Å². The quantitative estimate of drug-likeness (QED) is 0.354. The standard InChI is InChI=1S/C26H34N4O2S/c1-2-31-18-19-32-17-16-29-15-12-27-25(29)22-10-13-30(14-11-22)26(33)28-20-23-8-5-7-21-6-3-4-9-24(21)23/h3-9,12,15,22H,2,10-11,13-14,16-20H2,1H3,(H,28,33). The summed E-state index contributed by atoms with van der Waals surface area (Å²) in [6, 6.07) is 14.9. The van der Waals surface area contributed by atoms with Gasteiger partial charge in [-0.1, -0.05) is 42.5 Å². The second kappa shape index (κ2) is 12.1. The highest BCUT2D eigenvalue weighted by atomic mass is 32.1. The molecule has 33 heavy (non-hydrogen) atoms. The summed E-state index contributed by atoms with van der Waals surface area (Å²) in [7, 11) is 0. The summed E-state index contributed by atoms with van der Waals surface area (Å²) in [6.45, 7) is 8.16. The van der Waals surface area contributed by atoms with Crippen LogP contribution in [0.3, 0.4) is 0 Å². The van der Waals surface area contributed by atoms with Gasteiger partial charge in [0.2, 0.25) is 0 Å². The number of aromatic nitrogens is 2. The summed E-state index contributed by atoms with van der Waals surface area (Å²) >= 11 is 5.73. The van der Waals surface area contributed by atoms with Crippen LogP contribution >= 0.6 is 12.2 Å². The summed E-state index contributed by atoms with van der Waals surface area (Å²) in [5.74, 6) is 1.62. The third-order valence-corrected chi connectivity index (χ3v) is 6.66. The molecule has 4 rings (SSSR count). The van der Waals surface area contributed by atoms with E-state index in [4.69, 9.17) is 21.7 Å². The molecular weight excluding hydrogens is 432 g/mol. The van der Waals surface area contributed by atoms with Gasteiger partial charge >= 0.3 is 0 Å². The van der Waals surface area contributed by atoms with Gasteiger partial charge < -0.3 is 24.3 Å². The van der Waals surface area contributed by atoms with E-state index in [1.807, 2.05) is 13.1 Å². The largest absolute Gasteiger partial charge is 0.379 e. The first-order valence-corrected chi connectivity index (χ1v) is 12.3. The van der Waals surface area contributed by atoms with E-state index < -0.39 is 0 Å². The Kier molecular flexibility index (Phi) is 8.69. The van der Waals surface area contributed by atoms with Crippen LogP contribution in [0.2, 0.25) is 0 Å². The number of piperidine rings is 1. The molecule has 0 amide bonds. The minimum atomic E-state index is 0.459. The van der Waals surface area contributed by atoms with Gasteiger partial charge in [-0.3, -0.25) is 0 Å². The van der Waals surface area contributed by atoms with Crippen molar-refractivity contribution in [3.63, 3.8) is 0 Å². The molecule has 0 radical (unpaired) electrons. The highest BCUT2D eigenvalue weighted by Gasteiger charge is 2.25. The van der Waals surface area contributed by atoms with Crippen molar-refractivity contribution in [1.82, 2.24) is 19.8 Å². The second-order valence-electron chi connectivity index (χ2n) is 8.35. The summed E-state index contributed by atoms with van der Waals surface area (Å²) < 4.78 is 13.2. The van der Waals surface area contributed by atoms with E-state index in [9.17, 15) is 0 Å². The van der Waals surface area contributed by atoms with Crippen LogP contribution in [0.1, 0.15) is 37.1 Å². The average molecular weight is 467 g/mol. The normalized spacial score (nSPS) is 14.6. The van der Waals surface area contributed by atoms with Crippen molar-refractivity contribution in [2.45, 2.75) is 38.8 Å². The Balaban J connectivity index is 1.24. The van der Waals surface area contributed by atoms with Crippen molar-refractivity contribution in [1.29, 1.82) is 0 Å². The first-order chi connectivity index (χ1) is 16.3. The predicted octanol–water partition coefficient (Wildman–Crippen LogP) is 4.34. The Labute approximate surface area is 201 Å². The molecule has 1 fully saturated rings. The number of thiocarbonyl (C=S) groups is 1. The number of benzene rings is 2. The number of ether oxygens (including phenoxy) is 2. The third-order valence-electron chi connectivity index (χ3n) is 6.26. The summed E-state index contributed by atoms with van der Waals surface area (Å²) in [5.41, 5.74) is 1.27. The Morgan fingerprint density at radius 3 is 2.70 bits per heavy atom. The summed E-state index contributed by atoms with van der Waals surface area (Å²) in [5, 5.41) is 6.86. The number of rotatable bonds is 10. The third kappa shape index (κ3) is 6.31. The Morgan fingerprint density at radius 1 is 1.06 bits per heavy atom. The number of nitrogens with zero attached hydrogens (tertiary/aromatic N) is 3. The van der Waals surface area contributed by atoms with E-state index >= 15 is 0 Å². The fraction of sp³-hybridized carbons (Fsp3) is 0.462. The van der Waals surface area contributed by atoms with Crippen LogP contribution in [0.5, 0.6) is 0 Å².